The number of nitrogens with one attached hydrogen (secondary N) is 1. The Bertz CT molecular complexity index is 764. The Labute approximate surface area is 128 Å². The molecule has 0 spiro atoms. The van der Waals surface area contributed by atoms with Crippen LogP contribution in [0.3, 0.4) is 0 Å². The quantitative estimate of drug-likeness (QED) is 0.883. The van der Waals surface area contributed by atoms with Crippen LogP contribution in [0.15, 0.2) is 29.2 Å². The molecule has 0 aliphatic heterocycles. The monoisotopic (exact) mass is 300 g/mol. The van der Waals surface area contributed by atoms with Crippen LogP contribution >= 0.6 is 0 Å². The summed E-state index contributed by atoms with van der Waals surface area (Å²) in [7, 11) is 1.85. The lowest BCUT2D eigenvalue weighted by atomic mass is 10.3. The highest BCUT2D eigenvalue weighted by atomic mass is 16.2. The summed E-state index contributed by atoms with van der Waals surface area (Å²) in [4.78, 5) is 30.3. The summed E-state index contributed by atoms with van der Waals surface area (Å²) in [5.41, 5.74) is 2.22. The number of amides is 1. The maximum absolute atomic E-state index is 12.1. The first kappa shape index (κ1) is 14.7. The van der Waals surface area contributed by atoms with Gasteiger partial charge in [-0.15, -0.1) is 0 Å². The minimum atomic E-state index is -0.0977. The van der Waals surface area contributed by atoms with E-state index in [-0.39, 0.29) is 11.5 Å². The molecule has 1 fully saturated rings. The van der Waals surface area contributed by atoms with Crippen molar-refractivity contribution < 1.29 is 4.79 Å². The first-order valence-electron chi connectivity index (χ1n) is 7.48. The van der Waals surface area contributed by atoms with Crippen molar-refractivity contribution >= 4 is 11.6 Å². The highest BCUT2D eigenvalue weighted by Crippen LogP contribution is 2.18. The van der Waals surface area contributed by atoms with Gasteiger partial charge in [0.2, 0.25) is 5.91 Å². The lowest BCUT2D eigenvalue weighted by Gasteiger charge is -2.16. The predicted molar refractivity (Wildman–Crippen MR) is 83.7 cm³/mol. The van der Waals surface area contributed by atoms with Gasteiger partial charge in [-0.25, -0.2) is 4.98 Å². The summed E-state index contributed by atoms with van der Waals surface area (Å²) in [6, 6.07) is 5.66. The number of likely N-dealkylation sites (N-methyl/N-ethyl adjacent to an activating group) is 1. The summed E-state index contributed by atoms with van der Waals surface area (Å²) >= 11 is 0. The van der Waals surface area contributed by atoms with E-state index in [4.69, 9.17) is 0 Å². The SMILES string of the molecule is Cc1ccc2nc(CN(C)CC(=O)NC3CC3)cc(=O)n2c1. The van der Waals surface area contributed by atoms with Crippen molar-refractivity contribution in [1.82, 2.24) is 19.6 Å². The molecule has 2 heterocycles. The third kappa shape index (κ3) is 3.51. The van der Waals surface area contributed by atoms with E-state index in [9.17, 15) is 9.59 Å². The van der Waals surface area contributed by atoms with Gasteiger partial charge in [0.05, 0.1) is 12.2 Å². The molecule has 22 heavy (non-hydrogen) atoms. The Morgan fingerprint density at radius 1 is 1.45 bits per heavy atom. The Balaban J connectivity index is 1.71. The number of rotatable bonds is 5. The molecule has 0 unspecified atom stereocenters. The van der Waals surface area contributed by atoms with E-state index in [0.29, 0.717) is 30.5 Å². The maximum atomic E-state index is 12.1. The summed E-state index contributed by atoms with van der Waals surface area (Å²) in [5.74, 6) is 0.0261. The van der Waals surface area contributed by atoms with Gasteiger partial charge in [0, 0.05) is 24.8 Å². The van der Waals surface area contributed by atoms with Crippen molar-refractivity contribution in [2.24, 2.45) is 0 Å². The van der Waals surface area contributed by atoms with Gasteiger partial charge in [-0.3, -0.25) is 18.9 Å². The van der Waals surface area contributed by atoms with E-state index in [1.165, 1.54) is 6.07 Å². The summed E-state index contributed by atoms with van der Waals surface area (Å²) in [5, 5.41) is 2.95. The van der Waals surface area contributed by atoms with E-state index in [0.717, 1.165) is 18.4 Å². The fourth-order valence-electron chi connectivity index (χ4n) is 2.42. The van der Waals surface area contributed by atoms with Crippen molar-refractivity contribution in [1.29, 1.82) is 0 Å². The minimum Gasteiger partial charge on any atom is -0.352 e. The lowest BCUT2D eigenvalue weighted by molar-refractivity contribution is -0.122. The van der Waals surface area contributed by atoms with Crippen LogP contribution < -0.4 is 10.9 Å². The van der Waals surface area contributed by atoms with Crippen LogP contribution in [-0.2, 0) is 11.3 Å². The minimum absolute atomic E-state index is 0.0261. The van der Waals surface area contributed by atoms with Gasteiger partial charge in [0.15, 0.2) is 0 Å². The first-order valence-corrected chi connectivity index (χ1v) is 7.48. The van der Waals surface area contributed by atoms with Crippen molar-refractivity contribution in [2.75, 3.05) is 13.6 Å². The molecule has 1 saturated carbocycles. The highest BCUT2D eigenvalue weighted by molar-refractivity contribution is 5.78. The second kappa shape index (κ2) is 5.88. The molecule has 3 rings (SSSR count). The van der Waals surface area contributed by atoms with Gasteiger partial charge in [-0.05, 0) is 38.4 Å². The van der Waals surface area contributed by atoms with E-state index in [2.05, 4.69) is 10.3 Å². The van der Waals surface area contributed by atoms with Crippen LogP contribution in [-0.4, -0.2) is 39.8 Å². The zero-order chi connectivity index (χ0) is 15.7. The van der Waals surface area contributed by atoms with Crippen LogP contribution in [0.5, 0.6) is 0 Å². The standard InChI is InChI=1S/C16H20N4O2/c1-11-3-6-14-17-13(7-16(22)20(14)8-11)9-19(2)10-15(21)18-12-4-5-12/h3,6-8,12H,4-5,9-10H2,1-2H3,(H,18,21). The average molecular weight is 300 g/mol. The number of carbonyl (C=O) groups is 1. The molecule has 0 saturated heterocycles. The van der Waals surface area contributed by atoms with Gasteiger partial charge in [0.25, 0.3) is 5.56 Å². The first-order chi connectivity index (χ1) is 10.5. The molecule has 1 aliphatic rings. The van der Waals surface area contributed by atoms with Crippen molar-refractivity contribution in [3.8, 4) is 0 Å². The Hall–Kier alpha value is -2.21. The van der Waals surface area contributed by atoms with Gasteiger partial charge < -0.3 is 5.32 Å². The number of nitrogens with zero attached hydrogens (tertiary/aromatic N) is 3. The van der Waals surface area contributed by atoms with Crippen LogP contribution in [0, 0.1) is 6.92 Å². The third-order valence-corrected chi connectivity index (χ3v) is 3.65. The smallest absolute Gasteiger partial charge is 0.258 e. The van der Waals surface area contributed by atoms with Crippen LogP contribution in [0.25, 0.3) is 5.65 Å². The number of hydrogen-bond donors (Lipinski definition) is 1. The number of hydrogen-bond acceptors (Lipinski definition) is 4. The van der Waals surface area contributed by atoms with Crippen LogP contribution in [0.2, 0.25) is 0 Å². The van der Waals surface area contributed by atoms with E-state index in [1.807, 2.05) is 31.0 Å². The molecular formula is C16H20N4O2. The van der Waals surface area contributed by atoms with E-state index < -0.39 is 0 Å². The Morgan fingerprint density at radius 2 is 2.23 bits per heavy atom. The van der Waals surface area contributed by atoms with Gasteiger partial charge in [-0.1, -0.05) is 6.07 Å². The number of fused-ring (bicyclic) bond motifs is 1. The zero-order valence-corrected chi connectivity index (χ0v) is 12.9. The molecule has 0 radical (unpaired) electrons. The molecule has 1 amide bonds. The molecule has 1 N–H and O–H groups in total. The van der Waals surface area contributed by atoms with Crippen molar-refractivity contribution in [2.45, 2.75) is 32.4 Å². The van der Waals surface area contributed by atoms with Crippen molar-refractivity contribution in [3.63, 3.8) is 0 Å². The average Bonchev–Trinajstić information content (AvgIpc) is 3.23. The highest BCUT2D eigenvalue weighted by Gasteiger charge is 2.23. The molecule has 6 nitrogen and oxygen atoms in total. The molecule has 0 aromatic carbocycles. The van der Waals surface area contributed by atoms with Gasteiger partial charge in [-0.2, -0.15) is 0 Å². The number of aromatic nitrogens is 2. The molecule has 2 aromatic rings. The molecule has 116 valence electrons. The van der Waals surface area contributed by atoms with E-state index in [1.54, 1.807) is 10.6 Å². The topological polar surface area (TPSA) is 66.7 Å². The van der Waals surface area contributed by atoms with Gasteiger partial charge >= 0.3 is 0 Å². The van der Waals surface area contributed by atoms with Crippen LogP contribution in [0.4, 0.5) is 0 Å². The summed E-state index contributed by atoms with van der Waals surface area (Å²) in [6.07, 6.45) is 3.94. The Morgan fingerprint density at radius 3 is 2.95 bits per heavy atom. The second-order valence-corrected chi connectivity index (χ2v) is 6.03. The largest absolute Gasteiger partial charge is 0.352 e. The molecule has 1 aliphatic carbocycles. The fraction of sp³-hybridized carbons (Fsp3) is 0.438. The van der Waals surface area contributed by atoms with Crippen molar-refractivity contribution in [3.05, 3.63) is 46.0 Å². The number of carbonyl (C=O) groups excluding carboxylic acids is 1. The normalized spacial score (nSPS) is 14.5. The fourth-order valence-corrected chi connectivity index (χ4v) is 2.42. The third-order valence-electron chi connectivity index (χ3n) is 3.65. The molecule has 2 aromatic heterocycles. The Kier molecular flexibility index (Phi) is 3.94. The molecule has 0 bridgehead atoms. The summed E-state index contributed by atoms with van der Waals surface area (Å²) < 4.78 is 1.54. The molecule has 0 atom stereocenters. The number of pyridine rings is 1. The lowest BCUT2D eigenvalue weighted by Crippen LogP contribution is -2.36. The predicted octanol–water partition coefficient (Wildman–Crippen LogP) is 0.713. The molecular weight excluding hydrogens is 280 g/mol. The second-order valence-electron chi connectivity index (χ2n) is 6.03. The summed E-state index contributed by atoms with van der Waals surface area (Å²) in [6.45, 7) is 2.72. The number of aryl methyl sites for hydroxylation is 1. The van der Waals surface area contributed by atoms with E-state index >= 15 is 0 Å². The zero-order valence-electron chi connectivity index (χ0n) is 12.9. The molecule has 6 heteroatoms. The van der Waals surface area contributed by atoms with Gasteiger partial charge in [0.1, 0.15) is 5.65 Å². The van der Waals surface area contributed by atoms with Crippen LogP contribution in [0.1, 0.15) is 24.1 Å². The maximum Gasteiger partial charge on any atom is 0.258 e.